The molecule has 0 atom stereocenters. The lowest BCUT2D eigenvalue weighted by Crippen LogP contribution is -2.35. The third-order valence-corrected chi connectivity index (χ3v) is 4.74. The first-order valence-electron chi connectivity index (χ1n) is 9.38. The van der Waals surface area contributed by atoms with Gasteiger partial charge in [-0.25, -0.2) is 9.98 Å². The van der Waals surface area contributed by atoms with E-state index >= 15 is 0 Å². The second-order valence-electron chi connectivity index (χ2n) is 6.59. The van der Waals surface area contributed by atoms with Crippen LogP contribution in [-0.4, -0.2) is 45.5 Å². The van der Waals surface area contributed by atoms with Crippen LogP contribution in [0, 0.1) is 0 Å². The van der Waals surface area contributed by atoms with Gasteiger partial charge in [0.15, 0.2) is 0 Å². The lowest BCUT2D eigenvalue weighted by molar-refractivity contribution is 0.414. The molecule has 0 unspecified atom stereocenters. The Hall–Kier alpha value is -3.41. The van der Waals surface area contributed by atoms with Gasteiger partial charge in [-0.05, 0) is 36.8 Å². The van der Waals surface area contributed by atoms with Crippen molar-refractivity contribution in [1.82, 2.24) is 19.4 Å². The zero-order chi connectivity index (χ0) is 19.2. The number of rotatable bonds is 7. The highest BCUT2D eigenvalue weighted by Gasteiger charge is 2.18. The molecule has 0 fully saturated rings. The Morgan fingerprint density at radius 1 is 1.00 bits per heavy atom. The second kappa shape index (κ2) is 8.52. The van der Waals surface area contributed by atoms with Crippen LogP contribution < -0.4 is 4.74 Å². The topological polar surface area (TPSA) is 55.5 Å². The Labute approximate surface area is 164 Å². The van der Waals surface area contributed by atoms with E-state index in [9.17, 15) is 0 Å². The zero-order valence-electron chi connectivity index (χ0n) is 15.9. The van der Waals surface area contributed by atoms with Gasteiger partial charge < -0.3 is 14.2 Å². The van der Waals surface area contributed by atoms with Crippen molar-refractivity contribution >= 4 is 11.5 Å². The molecule has 0 saturated carbocycles. The molecule has 6 heteroatoms. The number of nitrogens with zero attached hydrogens (tertiary/aromatic N) is 5. The van der Waals surface area contributed by atoms with E-state index in [4.69, 9.17) is 9.73 Å². The monoisotopic (exact) mass is 373 g/mol. The largest absolute Gasteiger partial charge is 0.497 e. The minimum absolute atomic E-state index is 0.817. The molecule has 142 valence electrons. The average molecular weight is 373 g/mol. The maximum atomic E-state index is 5.36. The highest BCUT2D eigenvalue weighted by molar-refractivity contribution is 6.02. The number of methoxy groups -OCH3 is 1. The van der Waals surface area contributed by atoms with Gasteiger partial charge in [0.1, 0.15) is 11.6 Å². The molecule has 4 rings (SSSR count). The Kier molecular flexibility index (Phi) is 5.47. The predicted molar refractivity (Wildman–Crippen MR) is 110 cm³/mol. The number of aliphatic imine (C=N–C) groups is 1. The smallest absolute Gasteiger partial charge is 0.136 e. The van der Waals surface area contributed by atoms with Crippen LogP contribution in [0.25, 0.3) is 5.70 Å². The number of amidine groups is 1. The van der Waals surface area contributed by atoms with Crippen LogP contribution >= 0.6 is 0 Å². The van der Waals surface area contributed by atoms with Crippen molar-refractivity contribution in [2.45, 2.75) is 13.0 Å². The summed E-state index contributed by atoms with van der Waals surface area (Å²) in [4.78, 5) is 15.6. The molecule has 0 saturated heterocycles. The molecule has 0 bridgehead atoms. The quantitative estimate of drug-likeness (QED) is 0.636. The molecule has 1 aromatic carbocycles. The van der Waals surface area contributed by atoms with E-state index in [1.807, 2.05) is 61.4 Å². The van der Waals surface area contributed by atoms with E-state index in [0.717, 1.165) is 54.5 Å². The van der Waals surface area contributed by atoms with Crippen LogP contribution in [0.5, 0.6) is 5.75 Å². The van der Waals surface area contributed by atoms with Crippen LogP contribution in [0.3, 0.4) is 0 Å². The third-order valence-electron chi connectivity index (χ3n) is 4.74. The summed E-state index contributed by atoms with van der Waals surface area (Å²) in [6, 6.07) is 12.0. The summed E-state index contributed by atoms with van der Waals surface area (Å²) in [6.07, 6.45) is 12.5. The van der Waals surface area contributed by atoms with E-state index in [1.165, 1.54) is 0 Å². The summed E-state index contributed by atoms with van der Waals surface area (Å²) in [5.74, 6) is 1.81. The molecular weight excluding hydrogens is 350 g/mol. The molecule has 6 nitrogen and oxygen atoms in total. The van der Waals surface area contributed by atoms with Crippen molar-refractivity contribution in [3.05, 3.63) is 84.7 Å². The van der Waals surface area contributed by atoms with Crippen molar-refractivity contribution in [3.63, 3.8) is 0 Å². The van der Waals surface area contributed by atoms with E-state index in [2.05, 4.69) is 31.6 Å². The van der Waals surface area contributed by atoms with E-state index in [1.54, 1.807) is 7.11 Å². The van der Waals surface area contributed by atoms with Gasteiger partial charge in [-0.15, -0.1) is 0 Å². The van der Waals surface area contributed by atoms with Gasteiger partial charge in [0.05, 0.1) is 19.1 Å². The third kappa shape index (κ3) is 4.11. The molecule has 3 aromatic rings. The van der Waals surface area contributed by atoms with E-state index in [0.29, 0.717) is 0 Å². The van der Waals surface area contributed by atoms with Crippen LogP contribution in [0.1, 0.15) is 17.5 Å². The molecule has 1 aliphatic heterocycles. The van der Waals surface area contributed by atoms with Gasteiger partial charge in [-0.1, -0.05) is 12.1 Å². The molecule has 28 heavy (non-hydrogen) atoms. The van der Waals surface area contributed by atoms with Crippen molar-refractivity contribution in [2.24, 2.45) is 4.99 Å². The van der Waals surface area contributed by atoms with Crippen LogP contribution in [-0.2, 0) is 6.54 Å². The normalized spacial score (nSPS) is 13.8. The fourth-order valence-electron chi connectivity index (χ4n) is 3.29. The van der Waals surface area contributed by atoms with Crippen molar-refractivity contribution < 1.29 is 4.74 Å². The number of pyridine rings is 1. The fourth-order valence-corrected chi connectivity index (χ4v) is 3.29. The Bertz CT molecular complexity index is 964. The maximum absolute atomic E-state index is 5.36. The summed E-state index contributed by atoms with van der Waals surface area (Å²) >= 11 is 0. The van der Waals surface area contributed by atoms with Gasteiger partial charge >= 0.3 is 0 Å². The number of aromatic nitrogens is 3. The number of ether oxygens (including phenoxy) is 1. The average Bonchev–Trinajstić information content (AvgIpc) is 3.28. The summed E-state index contributed by atoms with van der Waals surface area (Å²) < 4.78 is 7.47. The fraction of sp³-hybridized carbons (Fsp3) is 0.227. The minimum Gasteiger partial charge on any atom is -0.497 e. The molecular formula is C22H23N5O. The van der Waals surface area contributed by atoms with Crippen LogP contribution in [0.2, 0.25) is 0 Å². The zero-order valence-corrected chi connectivity index (χ0v) is 15.9. The van der Waals surface area contributed by atoms with Crippen molar-refractivity contribution in [2.75, 3.05) is 20.2 Å². The second-order valence-corrected chi connectivity index (χ2v) is 6.59. The molecule has 3 heterocycles. The predicted octanol–water partition coefficient (Wildman–Crippen LogP) is 3.48. The summed E-state index contributed by atoms with van der Waals surface area (Å²) in [7, 11) is 1.68. The SMILES string of the molecule is COc1cccc(C2=CCN(CCCn3ccnc3)C(c3ccncc3)=N2)c1. The van der Waals surface area contributed by atoms with Crippen LogP contribution in [0.4, 0.5) is 0 Å². The highest BCUT2D eigenvalue weighted by Crippen LogP contribution is 2.25. The first kappa shape index (κ1) is 18.0. The van der Waals surface area contributed by atoms with Gasteiger partial charge in [0, 0.05) is 55.5 Å². The van der Waals surface area contributed by atoms with E-state index in [-0.39, 0.29) is 0 Å². The maximum Gasteiger partial charge on any atom is 0.136 e. The Morgan fingerprint density at radius 2 is 1.89 bits per heavy atom. The lowest BCUT2D eigenvalue weighted by Gasteiger charge is -2.29. The summed E-state index contributed by atoms with van der Waals surface area (Å²) in [5.41, 5.74) is 3.10. The lowest BCUT2D eigenvalue weighted by atomic mass is 10.1. The molecule has 2 aromatic heterocycles. The van der Waals surface area contributed by atoms with Crippen LogP contribution in [0.15, 0.2) is 78.6 Å². The molecule has 0 N–H and O–H groups in total. The number of benzene rings is 1. The first-order valence-corrected chi connectivity index (χ1v) is 9.38. The number of hydrogen-bond acceptors (Lipinski definition) is 5. The standard InChI is InChI=1S/C22H23N5O/c1-28-20-5-2-4-19(16-20)21-8-14-27(13-3-12-26-15-11-24-17-26)22(25-21)18-6-9-23-10-7-18/h2,4-11,15-17H,3,12-14H2,1H3. The number of aryl methyl sites for hydroxylation is 1. The molecule has 0 spiro atoms. The highest BCUT2D eigenvalue weighted by atomic mass is 16.5. The minimum atomic E-state index is 0.817. The Balaban J connectivity index is 1.56. The number of imidazole rings is 1. The molecule has 1 aliphatic rings. The molecule has 0 amide bonds. The molecule has 0 aliphatic carbocycles. The molecule has 0 radical (unpaired) electrons. The Morgan fingerprint density at radius 3 is 2.68 bits per heavy atom. The van der Waals surface area contributed by atoms with Gasteiger partial charge in [0.2, 0.25) is 0 Å². The van der Waals surface area contributed by atoms with E-state index < -0.39 is 0 Å². The van der Waals surface area contributed by atoms with Crippen molar-refractivity contribution in [3.8, 4) is 5.75 Å². The number of hydrogen-bond donors (Lipinski definition) is 0. The van der Waals surface area contributed by atoms with Gasteiger partial charge in [-0.3, -0.25) is 4.98 Å². The van der Waals surface area contributed by atoms with Gasteiger partial charge in [-0.2, -0.15) is 0 Å². The summed E-state index contributed by atoms with van der Waals surface area (Å²) in [5, 5.41) is 0. The van der Waals surface area contributed by atoms with Gasteiger partial charge in [0.25, 0.3) is 0 Å². The summed E-state index contributed by atoms with van der Waals surface area (Å²) in [6.45, 7) is 2.67. The van der Waals surface area contributed by atoms with Crippen molar-refractivity contribution in [1.29, 1.82) is 0 Å². The first-order chi connectivity index (χ1) is 13.8.